The smallest absolute Gasteiger partial charge is 0.192 e. The topological polar surface area (TPSA) is 35.2 Å². The van der Waals surface area contributed by atoms with Gasteiger partial charge in [0.1, 0.15) is 0 Å². The van der Waals surface area contributed by atoms with E-state index in [4.69, 9.17) is 10.2 Å². The van der Waals surface area contributed by atoms with E-state index in [0.29, 0.717) is 6.54 Å². The minimum atomic E-state index is -1.61. The van der Waals surface area contributed by atoms with Crippen molar-refractivity contribution in [3.8, 4) is 0 Å². The van der Waals surface area contributed by atoms with Gasteiger partial charge in [-0.15, -0.1) is 0 Å². The quantitative estimate of drug-likeness (QED) is 0.578. The Morgan fingerprint density at radius 2 is 1.86 bits per heavy atom. The summed E-state index contributed by atoms with van der Waals surface area (Å²) in [5, 5.41) is 0.276. The molecule has 1 atom stereocenters. The molecule has 2 nitrogen and oxygen atoms in total. The highest BCUT2D eigenvalue weighted by Gasteiger charge is 2.37. The van der Waals surface area contributed by atoms with E-state index in [9.17, 15) is 0 Å². The van der Waals surface area contributed by atoms with Crippen molar-refractivity contribution >= 4 is 8.32 Å². The molecule has 0 bridgehead atoms. The van der Waals surface area contributed by atoms with E-state index >= 15 is 0 Å². The van der Waals surface area contributed by atoms with Crippen molar-refractivity contribution in [3.05, 3.63) is 12.2 Å². The van der Waals surface area contributed by atoms with Crippen LogP contribution in [-0.2, 0) is 4.43 Å². The maximum absolute atomic E-state index is 6.10. The number of hydrogen-bond acceptors (Lipinski definition) is 2. The van der Waals surface area contributed by atoms with E-state index in [2.05, 4.69) is 40.8 Å². The van der Waals surface area contributed by atoms with Crippen LogP contribution in [0.25, 0.3) is 0 Å². The first-order valence-electron chi connectivity index (χ1n) is 5.25. The van der Waals surface area contributed by atoms with Crippen molar-refractivity contribution in [2.24, 2.45) is 5.73 Å². The Labute approximate surface area is 89.7 Å². The highest BCUT2D eigenvalue weighted by molar-refractivity contribution is 6.74. The normalized spacial score (nSPS) is 16.2. The second-order valence-corrected chi connectivity index (χ2v) is 10.0. The molecule has 1 unspecified atom stereocenters. The van der Waals surface area contributed by atoms with Crippen LogP contribution in [-0.4, -0.2) is 21.0 Å². The van der Waals surface area contributed by atoms with Crippen LogP contribution in [0.3, 0.4) is 0 Å². The van der Waals surface area contributed by atoms with Crippen LogP contribution in [0.2, 0.25) is 18.1 Å². The van der Waals surface area contributed by atoms with Crippen LogP contribution in [0.4, 0.5) is 0 Å². The minimum Gasteiger partial charge on any atom is -0.411 e. The first-order chi connectivity index (χ1) is 6.20. The molecule has 2 N–H and O–H groups in total. The predicted octanol–water partition coefficient (Wildman–Crippen LogP) is 2.91. The Morgan fingerprint density at radius 3 is 2.21 bits per heavy atom. The number of hydrogen-bond donors (Lipinski definition) is 1. The molecule has 0 amide bonds. The molecule has 3 heteroatoms. The molecule has 0 aliphatic carbocycles. The van der Waals surface area contributed by atoms with Gasteiger partial charge in [0.05, 0.1) is 6.10 Å². The summed E-state index contributed by atoms with van der Waals surface area (Å²) >= 11 is 0. The lowest BCUT2D eigenvalue weighted by atomic mass is 10.2. The fourth-order valence-corrected chi connectivity index (χ4v) is 2.31. The maximum atomic E-state index is 6.10. The van der Waals surface area contributed by atoms with Crippen molar-refractivity contribution in [2.45, 2.75) is 51.9 Å². The predicted molar refractivity (Wildman–Crippen MR) is 65.9 cm³/mol. The van der Waals surface area contributed by atoms with Gasteiger partial charge in [-0.05, 0) is 25.1 Å². The van der Waals surface area contributed by atoms with Gasteiger partial charge < -0.3 is 10.2 Å². The fraction of sp³-hybridized carbons (Fsp3) is 0.818. The summed E-state index contributed by atoms with van der Waals surface area (Å²) in [4.78, 5) is 0. The van der Waals surface area contributed by atoms with Crippen LogP contribution in [0.1, 0.15) is 27.7 Å². The molecule has 0 aromatic carbocycles. The summed E-state index contributed by atoms with van der Waals surface area (Å²) in [6.45, 7) is 13.9. The molecule has 0 aliphatic heterocycles. The Kier molecular flexibility index (Phi) is 5.05. The van der Waals surface area contributed by atoms with Gasteiger partial charge in [-0.2, -0.15) is 0 Å². The van der Waals surface area contributed by atoms with Crippen molar-refractivity contribution < 1.29 is 4.43 Å². The van der Waals surface area contributed by atoms with Gasteiger partial charge in [0.25, 0.3) is 0 Å². The molecule has 0 radical (unpaired) electrons. The molecule has 0 heterocycles. The molecular weight excluding hydrogens is 190 g/mol. The second kappa shape index (κ2) is 5.10. The van der Waals surface area contributed by atoms with Gasteiger partial charge >= 0.3 is 0 Å². The van der Waals surface area contributed by atoms with E-state index in [0.717, 1.165) is 0 Å². The first kappa shape index (κ1) is 13.9. The summed E-state index contributed by atoms with van der Waals surface area (Å²) < 4.78 is 6.10. The largest absolute Gasteiger partial charge is 0.411 e. The Hall–Kier alpha value is -0.123. The van der Waals surface area contributed by atoms with E-state index in [1.807, 2.05) is 12.2 Å². The molecular formula is C11H25NOSi. The molecule has 14 heavy (non-hydrogen) atoms. The van der Waals surface area contributed by atoms with Gasteiger partial charge in [-0.25, -0.2) is 0 Å². The average Bonchev–Trinajstić information content (AvgIpc) is 1.97. The lowest BCUT2D eigenvalue weighted by Crippen LogP contribution is -2.42. The molecule has 0 aliphatic rings. The molecule has 0 rings (SSSR count). The zero-order valence-corrected chi connectivity index (χ0v) is 11.4. The van der Waals surface area contributed by atoms with Crippen molar-refractivity contribution in [1.82, 2.24) is 0 Å². The Bertz CT molecular complexity index is 194. The zero-order valence-electron chi connectivity index (χ0n) is 10.4. The van der Waals surface area contributed by atoms with Crippen molar-refractivity contribution in [1.29, 1.82) is 0 Å². The summed E-state index contributed by atoms with van der Waals surface area (Å²) in [6, 6.07) is 0. The summed E-state index contributed by atoms with van der Waals surface area (Å²) in [5.41, 5.74) is 5.40. The molecule has 0 aromatic rings. The molecule has 0 saturated heterocycles. The summed E-state index contributed by atoms with van der Waals surface area (Å²) in [6.07, 6.45) is 4.18. The second-order valence-electron chi connectivity index (χ2n) is 5.25. The summed E-state index contributed by atoms with van der Waals surface area (Å²) in [7, 11) is -1.61. The fourth-order valence-electron chi connectivity index (χ4n) is 0.951. The van der Waals surface area contributed by atoms with E-state index in [1.54, 1.807) is 0 Å². The van der Waals surface area contributed by atoms with Gasteiger partial charge in [-0.1, -0.05) is 32.9 Å². The molecule has 0 spiro atoms. The average molecular weight is 215 g/mol. The van der Waals surface area contributed by atoms with Gasteiger partial charge in [0.15, 0.2) is 8.32 Å². The third-order valence-corrected chi connectivity index (χ3v) is 7.40. The maximum Gasteiger partial charge on any atom is 0.192 e. The minimum absolute atomic E-state index is 0.180. The molecule has 84 valence electrons. The lowest BCUT2D eigenvalue weighted by Gasteiger charge is -2.37. The van der Waals surface area contributed by atoms with Gasteiger partial charge in [-0.3, -0.25) is 0 Å². The van der Waals surface area contributed by atoms with Crippen LogP contribution >= 0.6 is 0 Å². The number of nitrogens with two attached hydrogens (primary N) is 1. The van der Waals surface area contributed by atoms with Crippen LogP contribution in [0, 0.1) is 0 Å². The standard InChI is InChI=1S/C11H25NOSi/c1-10(8-7-9-12)13-14(5,6)11(2,3)4/h7-8,10H,9,12H2,1-6H3/b8-7+. The van der Waals surface area contributed by atoms with Gasteiger partial charge in [0.2, 0.25) is 0 Å². The SMILES string of the molecule is CC(/C=C/CN)O[Si](C)(C)C(C)(C)C. The third-order valence-electron chi connectivity index (χ3n) is 2.83. The van der Waals surface area contributed by atoms with E-state index in [1.165, 1.54) is 0 Å². The Morgan fingerprint density at radius 1 is 1.36 bits per heavy atom. The van der Waals surface area contributed by atoms with Crippen LogP contribution in [0.15, 0.2) is 12.2 Å². The van der Waals surface area contributed by atoms with Crippen molar-refractivity contribution in [2.75, 3.05) is 6.54 Å². The van der Waals surface area contributed by atoms with E-state index < -0.39 is 8.32 Å². The monoisotopic (exact) mass is 215 g/mol. The van der Waals surface area contributed by atoms with Gasteiger partial charge in [0, 0.05) is 6.54 Å². The van der Waals surface area contributed by atoms with E-state index in [-0.39, 0.29) is 11.1 Å². The van der Waals surface area contributed by atoms with Crippen molar-refractivity contribution in [3.63, 3.8) is 0 Å². The third kappa shape index (κ3) is 4.40. The first-order valence-corrected chi connectivity index (χ1v) is 8.16. The molecule has 0 aromatic heterocycles. The summed E-state index contributed by atoms with van der Waals surface area (Å²) in [5.74, 6) is 0. The lowest BCUT2D eigenvalue weighted by molar-refractivity contribution is 0.243. The highest BCUT2D eigenvalue weighted by atomic mass is 28.4. The zero-order chi connectivity index (χ0) is 11.4. The Balaban J connectivity index is 4.29. The number of rotatable bonds is 4. The van der Waals surface area contributed by atoms with Crippen LogP contribution < -0.4 is 5.73 Å². The highest BCUT2D eigenvalue weighted by Crippen LogP contribution is 2.37. The molecule has 0 saturated carbocycles. The van der Waals surface area contributed by atoms with Crippen LogP contribution in [0.5, 0.6) is 0 Å². The molecule has 0 fully saturated rings.